The van der Waals surface area contributed by atoms with Crippen molar-refractivity contribution in [2.75, 3.05) is 19.4 Å². The van der Waals surface area contributed by atoms with Crippen molar-refractivity contribution in [3.8, 4) is 0 Å². The van der Waals surface area contributed by atoms with Gasteiger partial charge in [-0.1, -0.05) is 0 Å². The van der Waals surface area contributed by atoms with Gasteiger partial charge in [0.1, 0.15) is 5.60 Å². The van der Waals surface area contributed by atoms with E-state index in [0.717, 1.165) is 0 Å². The predicted octanol–water partition coefficient (Wildman–Crippen LogP) is 0.711. The van der Waals surface area contributed by atoms with Crippen LogP contribution in [0.25, 0.3) is 0 Å². The molecule has 0 amide bonds. The van der Waals surface area contributed by atoms with E-state index in [1.54, 1.807) is 0 Å². The van der Waals surface area contributed by atoms with Crippen molar-refractivity contribution in [3.05, 3.63) is 10.1 Å². The van der Waals surface area contributed by atoms with Crippen LogP contribution in [-0.2, 0) is 9.09 Å². The number of aliphatic hydroxyl groups is 1. The highest BCUT2D eigenvalue weighted by atomic mass is 31.2. The molecule has 0 aromatic heterocycles. The minimum atomic E-state index is -3.04. The molecule has 1 aliphatic heterocycles. The molecule has 14 heavy (non-hydrogen) atoms. The summed E-state index contributed by atoms with van der Waals surface area (Å²) >= 11 is 0. The Morgan fingerprint density at radius 2 is 2.00 bits per heavy atom. The van der Waals surface area contributed by atoms with Gasteiger partial charge in [-0.25, -0.2) is 0 Å². The van der Waals surface area contributed by atoms with Crippen molar-refractivity contribution in [3.63, 3.8) is 0 Å². The lowest BCUT2D eigenvalue weighted by atomic mass is 9.87. The number of hydrogen-bond acceptors (Lipinski definition) is 5. The van der Waals surface area contributed by atoms with Crippen LogP contribution in [-0.4, -0.2) is 40.6 Å². The fraction of sp³-hybridized carbons (Fsp3) is 1.00. The van der Waals surface area contributed by atoms with Crippen LogP contribution in [0.5, 0.6) is 0 Å². The van der Waals surface area contributed by atoms with Gasteiger partial charge in [0.05, 0.1) is 12.3 Å². The molecule has 6 nitrogen and oxygen atoms in total. The maximum absolute atomic E-state index is 11.8. The second-order valence-corrected chi connectivity index (χ2v) is 6.74. The summed E-state index contributed by atoms with van der Waals surface area (Å²) in [6.07, 6.45) is -0.371. The minimum Gasteiger partial charge on any atom is -0.382 e. The van der Waals surface area contributed by atoms with Gasteiger partial charge in [-0.15, -0.1) is 0 Å². The summed E-state index contributed by atoms with van der Waals surface area (Å²) in [5.41, 5.74) is -3.17. The Morgan fingerprint density at radius 1 is 1.50 bits per heavy atom. The van der Waals surface area contributed by atoms with Crippen LogP contribution in [0, 0.1) is 10.1 Å². The fourth-order valence-electron chi connectivity index (χ4n) is 1.72. The number of nitrogens with zero attached hydrogens (tertiary/aromatic N) is 1. The lowest BCUT2D eigenvalue weighted by Crippen LogP contribution is -2.54. The molecule has 1 aliphatic rings. The van der Waals surface area contributed by atoms with Crippen LogP contribution in [0.15, 0.2) is 0 Å². The average Bonchev–Trinajstić information content (AvgIpc) is 2.20. The normalized spacial score (nSPS) is 48.0. The second-order valence-electron chi connectivity index (χ2n) is 4.12. The molecule has 0 spiro atoms. The zero-order chi connectivity index (χ0) is 11.2. The first-order valence-electron chi connectivity index (χ1n) is 4.18. The zero-order valence-corrected chi connectivity index (χ0v) is 9.28. The summed E-state index contributed by atoms with van der Waals surface area (Å²) in [7, 11) is -1.79. The van der Waals surface area contributed by atoms with E-state index in [9.17, 15) is 19.8 Å². The largest absolute Gasteiger partial charge is 0.382 e. The topological polar surface area (TPSA) is 89.7 Å². The second kappa shape index (κ2) is 3.02. The molecule has 82 valence electrons. The highest BCUT2D eigenvalue weighted by Gasteiger charge is 2.66. The summed E-state index contributed by atoms with van der Waals surface area (Å²) in [5, 5.41) is 20.7. The highest BCUT2D eigenvalue weighted by molar-refractivity contribution is 7.59. The van der Waals surface area contributed by atoms with Crippen LogP contribution in [0.2, 0.25) is 0 Å². The van der Waals surface area contributed by atoms with Gasteiger partial charge in [0, 0.05) is 19.0 Å². The summed E-state index contributed by atoms with van der Waals surface area (Å²) in [5.74, 6) is 0. The maximum Gasteiger partial charge on any atom is 0.256 e. The molecule has 1 unspecified atom stereocenters. The SMILES string of the molecule is COP1(=O)C[C@](C)(O)[C@@](C)([N+](=O)[O-])C1. The molecule has 7 heteroatoms. The molecule has 0 saturated carbocycles. The summed E-state index contributed by atoms with van der Waals surface area (Å²) < 4.78 is 16.6. The van der Waals surface area contributed by atoms with E-state index in [1.165, 1.54) is 21.0 Å². The molecule has 0 aromatic rings. The molecule has 0 aliphatic carbocycles. The predicted molar refractivity (Wildman–Crippen MR) is 50.4 cm³/mol. The first-order chi connectivity index (χ1) is 6.17. The van der Waals surface area contributed by atoms with Crippen LogP contribution < -0.4 is 0 Å². The molecule has 0 radical (unpaired) electrons. The molecule has 1 saturated heterocycles. The first-order valence-corrected chi connectivity index (χ1v) is 6.17. The van der Waals surface area contributed by atoms with Gasteiger partial charge >= 0.3 is 0 Å². The minimum absolute atomic E-state index is 0.159. The Labute approximate surface area is 81.9 Å². The van der Waals surface area contributed by atoms with E-state index in [2.05, 4.69) is 0 Å². The van der Waals surface area contributed by atoms with E-state index in [-0.39, 0.29) is 12.3 Å². The smallest absolute Gasteiger partial charge is 0.256 e. The van der Waals surface area contributed by atoms with Gasteiger partial charge in [-0.05, 0) is 6.92 Å². The lowest BCUT2D eigenvalue weighted by Gasteiger charge is -2.26. The van der Waals surface area contributed by atoms with Gasteiger partial charge in [0.25, 0.3) is 5.54 Å². The Bertz CT molecular complexity index is 315. The van der Waals surface area contributed by atoms with Crippen LogP contribution in [0.1, 0.15) is 13.8 Å². The Balaban J connectivity index is 3.13. The van der Waals surface area contributed by atoms with Crippen molar-refractivity contribution in [2.24, 2.45) is 0 Å². The third-order valence-electron chi connectivity index (χ3n) is 2.99. The van der Waals surface area contributed by atoms with Gasteiger partial charge in [-0.3, -0.25) is 14.7 Å². The van der Waals surface area contributed by atoms with Crippen molar-refractivity contribution >= 4 is 7.37 Å². The molecule has 0 bridgehead atoms. The van der Waals surface area contributed by atoms with Gasteiger partial charge < -0.3 is 9.63 Å². The molecular formula is C7H14NO5P. The Hall–Kier alpha value is -0.450. The van der Waals surface area contributed by atoms with Crippen LogP contribution in [0.4, 0.5) is 0 Å². The van der Waals surface area contributed by atoms with Crippen molar-refractivity contribution in [1.29, 1.82) is 0 Å². The fourth-order valence-corrected chi connectivity index (χ4v) is 4.76. The quantitative estimate of drug-likeness (QED) is 0.423. The maximum atomic E-state index is 11.8. The van der Waals surface area contributed by atoms with Gasteiger partial charge in [0.15, 0.2) is 0 Å². The van der Waals surface area contributed by atoms with E-state index in [0.29, 0.717) is 0 Å². The molecule has 0 aromatic carbocycles. The average molecular weight is 223 g/mol. The van der Waals surface area contributed by atoms with Gasteiger partial charge in [-0.2, -0.15) is 0 Å². The van der Waals surface area contributed by atoms with E-state index in [4.69, 9.17) is 4.52 Å². The van der Waals surface area contributed by atoms with E-state index in [1.807, 2.05) is 0 Å². The Kier molecular flexibility index (Phi) is 2.51. The zero-order valence-electron chi connectivity index (χ0n) is 8.39. The number of nitro groups is 1. The molecule has 1 heterocycles. The summed E-state index contributed by atoms with van der Waals surface area (Å²) in [4.78, 5) is 10.2. The molecule has 1 rings (SSSR count). The standard InChI is InChI=1S/C7H14NO5P/c1-6(8(10)11)4-14(12,13-3)5-7(6,2)9/h9H,4-5H2,1-3H3/t6-,7-,14?/m0/s1. The number of rotatable bonds is 2. The van der Waals surface area contributed by atoms with Crippen molar-refractivity contribution in [1.82, 2.24) is 0 Å². The molecule has 1 N–H and O–H groups in total. The third-order valence-corrected chi connectivity index (χ3v) is 5.85. The highest BCUT2D eigenvalue weighted by Crippen LogP contribution is 2.60. The van der Waals surface area contributed by atoms with Crippen LogP contribution >= 0.6 is 7.37 Å². The van der Waals surface area contributed by atoms with Crippen LogP contribution in [0.3, 0.4) is 0 Å². The molecule has 1 fully saturated rings. The van der Waals surface area contributed by atoms with Gasteiger partial charge in [0.2, 0.25) is 7.37 Å². The summed E-state index contributed by atoms with van der Waals surface area (Å²) in [6.45, 7) is 2.63. The lowest BCUT2D eigenvalue weighted by molar-refractivity contribution is -0.579. The third kappa shape index (κ3) is 1.47. The Morgan fingerprint density at radius 3 is 2.21 bits per heavy atom. The first kappa shape index (κ1) is 11.6. The molecular weight excluding hydrogens is 209 g/mol. The van der Waals surface area contributed by atoms with E-state index >= 15 is 0 Å². The van der Waals surface area contributed by atoms with E-state index < -0.39 is 23.4 Å². The molecule has 3 atom stereocenters. The monoisotopic (exact) mass is 223 g/mol. The van der Waals surface area contributed by atoms with Crippen molar-refractivity contribution < 1.29 is 19.1 Å². The summed E-state index contributed by atoms with van der Waals surface area (Å²) in [6, 6.07) is 0. The number of hydrogen-bond donors (Lipinski definition) is 1. The van der Waals surface area contributed by atoms with Crippen molar-refractivity contribution in [2.45, 2.75) is 25.0 Å².